The first-order valence-corrected chi connectivity index (χ1v) is 6.28. The lowest BCUT2D eigenvalue weighted by molar-refractivity contribution is -0.134. The monoisotopic (exact) mass is 263 g/mol. The highest BCUT2D eigenvalue weighted by Crippen LogP contribution is 2.22. The molecule has 0 saturated heterocycles. The molecule has 0 aromatic carbocycles. The van der Waals surface area contributed by atoms with Gasteiger partial charge in [0.15, 0.2) is 0 Å². The van der Waals surface area contributed by atoms with E-state index in [2.05, 4.69) is 15.9 Å². The first kappa shape index (κ1) is 12.0. The van der Waals surface area contributed by atoms with Crippen LogP contribution >= 0.6 is 15.9 Å². The van der Waals surface area contributed by atoms with Crippen LogP contribution in [0.5, 0.6) is 0 Å². The number of carbonyl (C=O) groups excluding carboxylic acids is 1. The average molecular weight is 264 g/mol. The third-order valence-electron chi connectivity index (χ3n) is 2.89. The third-order valence-corrected chi connectivity index (χ3v) is 3.29. The van der Waals surface area contributed by atoms with Crippen molar-refractivity contribution in [2.75, 3.05) is 12.4 Å². The smallest absolute Gasteiger partial charge is 0.223 e. The maximum Gasteiger partial charge on any atom is 0.223 e. The number of amides is 1. The number of alkyl halides is 1. The molecule has 1 rings (SSSR count). The SMILES string of the molecule is CN(C(=O)CCBr)C1CCCCC1O. The fraction of sp³-hybridized carbons (Fsp3) is 0.900. The van der Waals surface area contributed by atoms with Gasteiger partial charge >= 0.3 is 0 Å². The Balaban J connectivity index is 2.48. The summed E-state index contributed by atoms with van der Waals surface area (Å²) >= 11 is 3.25. The Labute approximate surface area is 93.6 Å². The molecule has 0 aliphatic heterocycles. The molecule has 0 aromatic rings. The summed E-state index contributed by atoms with van der Waals surface area (Å²) in [7, 11) is 1.80. The largest absolute Gasteiger partial charge is 0.391 e. The molecule has 1 aliphatic carbocycles. The molecular weight excluding hydrogens is 246 g/mol. The normalized spacial score (nSPS) is 27.4. The highest BCUT2D eigenvalue weighted by atomic mass is 79.9. The summed E-state index contributed by atoms with van der Waals surface area (Å²) in [6.45, 7) is 0. The van der Waals surface area contributed by atoms with E-state index in [9.17, 15) is 9.90 Å². The summed E-state index contributed by atoms with van der Waals surface area (Å²) in [4.78, 5) is 13.3. The van der Waals surface area contributed by atoms with Crippen LogP contribution in [0.1, 0.15) is 32.1 Å². The van der Waals surface area contributed by atoms with Crippen molar-refractivity contribution in [2.45, 2.75) is 44.2 Å². The Hall–Kier alpha value is -0.0900. The van der Waals surface area contributed by atoms with Crippen molar-refractivity contribution in [2.24, 2.45) is 0 Å². The zero-order chi connectivity index (χ0) is 10.6. The Morgan fingerprint density at radius 3 is 2.71 bits per heavy atom. The van der Waals surface area contributed by atoms with Crippen LogP contribution in [-0.4, -0.2) is 40.4 Å². The van der Waals surface area contributed by atoms with Gasteiger partial charge in [-0.15, -0.1) is 0 Å². The van der Waals surface area contributed by atoms with Crippen LogP contribution in [0.25, 0.3) is 0 Å². The zero-order valence-electron chi connectivity index (χ0n) is 8.58. The minimum absolute atomic E-state index is 0.0373. The molecule has 1 N–H and O–H groups in total. The summed E-state index contributed by atoms with van der Waals surface area (Å²) in [6.07, 6.45) is 4.15. The molecule has 1 aliphatic rings. The molecular formula is C10H18BrNO2. The van der Waals surface area contributed by atoms with E-state index in [4.69, 9.17) is 0 Å². The van der Waals surface area contributed by atoms with Crippen LogP contribution in [0.2, 0.25) is 0 Å². The van der Waals surface area contributed by atoms with Crippen LogP contribution < -0.4 is 0 Å². The molecule has 1 fully saturated rings. The lowest BCUT2D eigenvalue weighted by Crippen LogP contribution is -2.46. The van der Waals surface area contributed by atoms with Crippen LogP contribution in [0, 0.1) is 0 Å². The molecule has 82 valence electrons. The second-order valence-corrected chi connectivity index (χ2v) is 4.66. The Bertz CT molecular complexity index is 199. The number of rotatable bonds is 3. The van der Waals surface area contributed by atoms with E-state index in [1.165, 1.54) is 0 Å². The number of likely N-dealkylation sites (N-methyl/N-ethyl adjacent to an activating group) is 1. The van der Waals surface area contributed by atoms with Crippen molar-refractivity contribution in [3.8, 4) is 0 Å². The van der Waals surface area contributed by atoms with Crippen molar-refractivity contribution in [3.05, 3.63) is 0 Å². The maximum atomic E-state index is 11.6. The highest BCUT2D eigenvalue weighted by molar-refractivity contribution is 9.09. The molecule has 3 nitrogen and oxygen atoms in total. The number of halogens is 1. The summed E-state index contributed by atoms with van der Waals surface area (Å²) in [5.41, 5.74) is 0. The van der Waals surface area contributed by atoms with E-state index >= 15 is 0 Å². The highest BCUT2D eigenvalue weighted by Gasteiger charge is 2.28. The van der Waals surface area contributed by atoms with Gasteiger partial charge in [0.25, 0.3) is 0 Å². The van der Waals surface area contributed by atoms with Gasteiger partial charge in [-0.1, -0.05) is 28.8 Å². The molecule has 14 heavy (non-hydrogen) atoms. The number of hydrogen-bond donors (Lipinski definition) is 1. The first-order chi connectivity index (χ1) is 6.66. The summed E-state index contributed by atoms with van der Waals surface area (Å²) in [5.74, 6) is 0.118. The number of aliphatic hydroxyl groups is 1. The molecule has 0 bridgehead atoms. The molecule has 0 aromatic heterocycles. The number of carbonyl (C=O) groups is 1. The van der Waals surface area contributed by atoms with Gasteiger partial charge in [0.05, 0.1) is 12.1 Å². The van der Waals surface area contributed by atoms with Gasteiger partial charge < -0.3 is 10.0 Å². The first-order valence-electron chi connectivity index (χ1n) is 5.16. The van der Waals surface area contributed by atoms with Gasteiger partial charge in [-0.05, 0) is 12.8 Å². The molecule has 0 heterocycles. The molecule has 1 amide bonds. The van der Waals surface area contributed by atoms with Gasteiger partial charge in [-0.3, -0.25) is 4.79 Å². The van der Waals surface area contributed by atoms with E-state index < -0.39 is 0 Å². The van der Waals surface area contributed by atoms with E-state index in [0.29, 0.717) is 11.8 Å². The summed E-state index contributed by atoms with van der Waals surface area (Å²) in [5, 5.41) is 10.4. The van der Waals surface area contributed by atoms with Gasteiger partial charge in [-0.2, -0.15) is 0 Å². The quantitative estimate of drug-likeness (QED) is 0.785. The van der Waals surface area contributed by atoms with Crippen molar-refractivity contribution in [1.82, 2.24) is 4.90 Å². The van der Waals surface area contributed by atoms with E-state index in [0.717, 1.165) is 25.7 Å². The molecule has 0 spiro atoms. The van der Waals surface area contributed by atoms with Gasteiger partial charge in [-0.25, -0.2) is 0 Å². The topological polar surface area (TPSA) is 40.5 Å². The van der Waals surface area contributed by atoms with Crippen LogP contribution in [-0.2, 0) is 4.79 Å². The molecule has 0 radical (unpaired) electrons. The van der Waals surface area contributed by atoms with E-state index in [-0.39, 0.29) is 18.1 Å². The maximum absolute atomic E-state index is 11.6. The average Bonchev–Trinajstić information content (AvgIpc) is 2.18. The van der Waals surface area contributed by atoms with Crippen molar-refractivity contribution < 1.29 is 9.90 Å². The lowest BCUT2D eigenvalue weighted by Gasteiger charge is -2.35. The molecule has 2 unspecified atom stereocenters. The minimum Gasteiger partial charge on any atom is -0.391 e. The van der Waals surface area contributed by atoms with Gasteiger partial charge in [0, 0.05) is 18.8 Å². The Morgan fingerprint density at radius 2 is 2.14 bits per heavy atom. The van der Waals surface area contributed by atoms with Crippen molar-refractivity contribution in [1.29, 1.82) is 0 Å². The summed E-state index contributed by atoms with van der Waals surface area (Å²) in [6, 6.07) is 0.0373. The number of nitrogens with zero attached hydrogens (tertiary/aromatic N) is 1. The van der Waals surface area contributed by atoms with Crippen molar-refractivity contribution >= 4 is 21.8 Å². The summed E-state index contributed by atoms with van der Waals surface area (Å²) < 4.78 is 0. The van der Waals surface area contributed by atoms with Crippen LogP contribution in [0.4, 0.5) is 0 Å². The Morgan fingerprint density at radius 1 is 1.50 bits per heavy atom. The third kappa shape index (κ3) is 2.95. The number of hydrogen-bond acceptors (Lipinski definition) is 2. The van der Waals surface area contributed by atoms with Crippen molar-refractivity contribution in [3.63, 3.8) is 0 Å². The van der Waals surface area contributed by atoms with Gasteiger partial charge in [0.1, 0.15) is 0 Å². The zero-order valence-corrected chi connectivity index (χ0v) is 10.2. The molecule has 4 heteroatoms. The predicted molar refractivity (Wildman–Crippen MR) is 59.4 cm³/mol. The Kier molecular flexibility index (Phi) is 4.89. The second-order valence-electron chi connectivity index (χ2n) is 3.86. The number of aliphatic hydroxyl groups excluding tert-OH is 1. The van der Waals surface area contributed by atoms with E-state index in [1.54, 1.807) is 11.9 Å². The second kappa shape index (κ2) is 5.71. The molecule has 2 atom stereocenters. The molecule has 1 saturated carbocycles. The lowest BCUT2D eigenvalue weighted by atomic mass is 9.91. The predicted octanol–water partition coefficient (Wildman–Crippen LogP) is 1.53. The van der Waals surface area contributed by atoms with Gasteiger partial charge in [0.2, 0.25) is 5.91 Å². The fourth-order valence-corrected chi connectivity index (χ4v) is 2.32. The van der Waals surface area contributed by atoms with Crippen LogP contribution in [0.15, 0.2) is 0 Å². The van der Waals surface area contributed by atoms with E-state index in [1.807, 2.05) is 0 Å². The fourth-order valence-electron chi connectivity index (χ4n) is 1.99. The standard InChI is InChI=1S/C10H18BrNO2/c1-12(10(14)6-7-11)8-4-2-3-5-9(8)13/h8-9,13H,2-7H2,1H3. The minimum atomic E-state index is -0.326. The van der Waals surface area contributed by atoms with Crippen LogP contribution in [0.3, 0.4) is 0 Å².